The Kier molecular flexibility index (Phi) is 4.67. The van der Waals surface area contributed by atoms with E-state index < -0.39 is 0 Å². The maximum absolute atomic E-state index is 11.1. The van der Waals surface area contributed by atoms with Crippen molar-refractivity contribution in [3.05, 3.63) is 23.6 Å². The first kappa shape index (κ1) is 13.7. The molecule has 0 saturated heterocycles. The van der Waals surface area contributed by atoms with Crippen molar-refractivity contribution in [3.63, 3.8) is 0 Å². The summed E-state index contributed by atoms with van der Waals surface area (Å²) >= 11 is 0. The van der Waals surface area contributed by atoms with Gasteiger partial charge in [-0.2, -0.15) is 0 Å². The molecule has 1 rings (SSSR count). The lowest BCUT2D eigenvalue weighted by molar-refractivity contribution is -0.118. The van der Waals surface area contributed by atoms with Crippen molar-refractivity contribution >= 4 is 12.0 Å². The van der Waals surface area contributed by atoms with Crippen LogP contribution in [0.5, 0.6) is 0 Å². The summed E-state index contributed by atoms with van der Waals surface area (Å²) in [6.45, 7) is 11.8. The van der Waals surface area contributed by atoms with Gasteiger partial charge in [0.15, 0.2) is 0 Å². The molecule has 1 aliphatic rings. The molecule has 0 radical (unpaired) electrons. The molecule has 0 aromatic heterocycles. The van der Waals surface area contributed by atoms with E-state index in [2.05, 4.69) is 11.6 Å². The molecule has 0 spiro atoms. The van der Waals surface area contributed by atoms with Crippen LogP contribution in [0.15, 0.2) is 28.6 Å². The van der Waals surface area contributed by atoms with Gasteiger partial charge >= 0.3 is 0 Å². The van der Waals surface area contributed by atoms with Gasteiger partial charge < -0.3 is 4.74 Å². The smallest absolute Gasteiger partial charge is 0.136 e. The number of carbonyl (C=O) groups is 1. The van der Waals surface area contributed by atoms with Gasteiger partial charge in [-0.1, -0.05) is 6.58 Å². The third kappa shape index (κ3) is 4.55. The van der Waals surface area contributed by atoms with Crippen molar-refractivity contribution in [1.82, 2.24) is 0 Å². The van der Waals surface area contributed by atoms with E-state index in [9.17, 15) is 4.79 Å². The van der Waals surface area contributed by atoms with Crippen molar-refractivity contribution in [2.24, 2.45) is 16.8 Å². The number of aliphatic imine (C=N–C) groups is 1. The zero-order chi connectivity index (χ0) is 13.0. The van der Waals surface area contributed by atoms with Gasteiger partial charge in [-0.25, -0.2) is 0 Å². The third-order valence-electron chi connectivity index (χ3n) is 2.79. The zero-order valence-electron chi connectivity index (χ0n) is 11.1. The standard InChI is InChI=1S/C14H21NO2/c1-9(2)14(7-15-10(3)4)17-8-12-6-13(12)11(5)16/h7,12-13H,3,6,8H2,1-2,4-5H3. The second kappa shape index (κ2) is 5.80. The minimum Gasteiger partial charge on any atom is -0.492 e. The van der Waals surface area contributed by atoms with Crippen molar-refractivity contribution in [2.45, 2.75) is 34.1 Å². The van der Waals surface area contributed by atoms with E-state index >= 15 is 0 Å². The summed E-state index contributed by atoms with van der Waals surface area (Å²) in [4.78, 5) is 15.2. The van der Waals surface area contributed by atoms with Gasteiger partial charge in [0.25, 0.3) is 0 Å². The Hall–Kier alpha value is -1.38. The van der Waals surface area contributed by atoms with E-state index in [1.807, 2.05) is 20.8 Å². The monoisotopic (exact) mass is 235 g/mol. The summed E-state index contributed by atoms with van der Waals surface area (Å²) < 4.78 is 5.70. The predicted octanol–water partition coefficient (Wildman–Crippen LogP) is 3.13. The molecule has 94 valence electrons. The third-order valence-corrected chi connectivity index (χ3v) is 2.79. The molecule has 1 aliphatic carbocycles. The second-order valence-corrected chi connectivity index (χ2v) is 4.88. The van der Waals surface area contributed by atoms with Gasteiger partial charge in [0.05, 0.1) is 12.8 Å². The molecule has 3 heteroatoms. The molecule has 0 aromatic rings. The summed E-state index contributed by atoms with van der Waals surface area (Å²) in [5, 5.41) is 0. The molecule has 0 aliphatic heterocycles. The van der Waals surface area contributed by atoms with E-state index in [0.717, 1.165) is 23.5 Å². The molecular weight excluding hydrogens is 214 g/mol. The lowest BCUT2D eigenvalue weighted by atomic mass is 10.2. The van der Waals surface area contributed by atoms with Crippen LogP contribution in [-0.2, 0) is 9.53 Å². The van der Waals surface area contributed by atoms with Crippen LogP contribution in [0.25, 0.3) is 0 Å². The molecule has 2 atom stereocenters. The summed E-state index contributed by atoms with van der Waals surface area (Å²) in [6.07, 6.45) is 2.66. The maximum atomic E-state index is 11.1. The number of ketones is 1. The van der Waals surface area contributed by atoms with Crippen LogP contribution < -0.4 is 0 Å². The molecule has 0 aromatic carbocycles. The Morgan fingerprint density at radius 2 is 2.06 bits per heavy atom. The van der Waals surface area contributed by atoms with Crippen molar-refractivity contribution in [3.8, 4) is 0 Å². The summed E-state index contributed by atoms with van der Waals surface area (Å²) in [7, 11) is 0. The average Bonchev–Trinajstić information content (AvgIpc) is 2.96. The van der Waals surface area contributed by atoms with Crippen molar-refractivity contribution in [1.29, 1.82) is 0 Å². The van der Waals surface area contributed by atoms with E-state index in [0.29, 0.717) is 12.5 Å². The molecule has 3 nitrogen and oxygen atoms in total. The Morgan fingerprint density at radius 1 is 1.41 bits per heavy atom. The van der Waals surface area contributed by atoms with Crippen LogP contribution in [0.4, 0.5) is 0 Å². The largest absolute Gasteiger partial charge is 0.492 e. The molecule has 1 fully saturated rings. The van der Waals surface area contributed by atoms with E-state index in [4.69, 9.17) is 4.74 Å². The minimum absolute atomic E-state index is 0.214. The molecule has 0 N–H and O–H groups in total. The first-order chi connectivity index (χ1) is 7.91. The highest BCUT2D eigenvalue weighted by atomic mass is 16.5. The van der Waals surface area contributed by atoms with Gasteiger partial charge in [0.2, 0.25) is 0 Å². The fourth-order valence-corrected chi connectivity index (χ4v) is 1.61. The quantitative estimate of drug-likeness (QED) is 0.524. The SMILES string of the molecule is C=C(C)N=CC(OCC1CC1C(C)=O)=C(C)C. The summed E-state index contributed by atoms with van der Waals surface area (Å²) in [5.41, 5.74) is 1.83. The lowest BCUT2D eigenvalue weighted by Crippen LogP contribution is -2.04. The topological polar surface area (TPSA) is 38.7 Å². The number of carbonyl (C=O) groups excluding carboxylic acids is 1. The predicted molar refractivity (Wildman–Crippen MR) is 69.9 cm³/mol. The molecule has 17 heavy (non-hydrogen) atoms. The minimum atomic E-state index is 0.214. The Labute approximate surface area is 103 Å². The highest BCUT2D eigenvalue weighted by Gasteiger charge is 2.41. The highest BCUT2D eigenvalue weighted by molar-refractivity contribution is 5.81. The number of rotatable bonds is 6. The number of ether oxygens (including phenoxy) is 1. The molecular formula is C14H21NO2. The van der Waals surface area contributed by atoms with Crippen LogP contribution >= 0.6 is 0 Å². The summed E-state index contributed by atoms with van der Waals surface area (Å²) in [5.74, 6) is 1.65. The number of hydrogen-bond acceptors (Lipinski definition) is 3. The van der Waals surface area contributed by atoms with Gasteiger partial charge in [-0.15, -0.1) is 0 Å². The first-order valence-corrected chi connectivity index (χ1v) is 5.92. The second-order valence-electron chi connectivity index (χ2n) is 4.88. The highest BCUT2D eigenvalue weighted by Crippen LogP contribution is 2.39. The van der Waals surface area contributed by atoms with E-state index in [1.54, 1.807) is 13.1 Å². The molecule has 0 heterocycles. The maximum Gasteiger partial charge on any atom is 0.136 e. The van der Waals surface area contributed by atoms with Crippen LogP contribution in [0.1, 0.15) is 34.1 Å². The number of allylic oxidation sites excluding steroid dienone is 3. The van der Waals surface area contributed by atoms with Crippen LogP contribution in [0, 0.1) is 11.8 Å². The number of nitrogens with zero attached hydrogens (tertiary/aromatic N) is 1. The van der Waals surface area contributed by atoms with Crippen molar-refractivity contribution < 1.29 is 9.53 Å². The van der Waals surface area contributed by atoms with Gasteiger partial charge in [0, 0.05) is 17.5 Å². The van der Waals surface area contributed by atoms with E-state index in [1.165, 1.54) is 0 Å². The normalized spacial score (nSPS) is 22.4. The van der Waals surface area contributed by atoms with Crippen molar-refractivity contribution in [2.75, 3.05) is 6.61 Å². The molecule has 2 unspecified atom stereocenters. The Balaban J connectivity index is 2.45. The van der Waals surface area contributed by atoms with Gasteiger partial charge in [-0.05, 0) is 39.7 Å². The summed E-state index contributed by atoms with van der Waals surface area (Å²) in [6, 6.07) is 0. The average molecular weight is 235 g/mol. The Morgan fingerprint density at radius 3 is 2.47 bits per heavy atom. The molecule has 0 bridgehead atoms. The fraction of sp³-hybridized carbons (Fsp3) is 0.571. The van der Waals surface area contributed by atoms with Crippen LogP contribution in [-0.4, -0.2) is 18.6 Å². The molecule has 0 amide bonds. The van der Waals surface area contributed by atoms with Gasteiger partial charge in [-0.3, -0.25) is 9.79 Å². The van der Waals surface area contributed by atoms with Crippen LogP contribution in [0.2, 0.25) is 0 Å². The van der Waals surface area contributed by atoms with Gasteiger partial charge in [0.1, 0.15) is 11.5 Å². The fourth-order valence-electron chi connectivity index (χ4n) is 1.61. The Bertz CT molecular complexity index is 376. The molecule has 1 saturated carbocycles. The van der Waals surface area contributed by atoms with E-state index in [-0.39, 0.29) is 11.7 Å². The van der Waals surface area contributed by atoms with Crippen LogP contribution in [0.3, 0.4) is 0 Å². The zero-order valence-corrected chi connectivity index (χ0v) is 11.1. The number of hydrogen-bond donors (Lipinski definition) is 0. The number of Topliss-reactive ketones (excluding diaryl/α,β-unsaturated/α-hetero) is 1. The lowest BCUT2D eigenvalue weighted by Gasteiger charge is -2.08. The first-order valence-electron chi connectivity index (χ1n) is 5.92.